The summed E-state index contributed by atoms with van der Waals surface area (Å²) in [5.41, 5.74) is 3.61. The van der Waals surface area contributed by atoms with Crippen LogP contribution >= 0.6 is 11.6 Å². The molecule has 208 valence electrons. The molecule has 13 heteroatoms. The minimum absolute atomic E-state index is 0.0858. The molecule has 0 radical (unpaired) electrons. The van der Waals surface area contributed by atoms with Crippen LogP contribution < -0.4 is 10.9 Å². The van der Waals surface area contributed by atoms with E-state index in [1.54, 1.807) is 51.5 Å². The number of aromatic nitrogens is 7. The van der Waals surface area contributed by atoms with Gasteiger partial charge in [-0.3, -0.25) is 18.9 Å². The fourth-order valence-corrected chi connectivity index (χ4v) is 5.71. The Labute approximate surface area is 233 Å². The van der Waals surface area contributed by atoms with Crippen molar-refractivity contribution in [3.8, 4) is 11.5 Å². The quantitative estimate of drug-likeness (QED) is 0.292. The van der Waals surface area contributed by atoms with E-state index in [1.807, 2.05) is 26.0 Å². The largest absolute Gasteiger partial charge is 0.377 e. The van der Waals surface area contributed by atoms with Crippen LogP contribution in [0.3, 0.4) is 0 Å². The molecule has 1 fully saturated rings. The van der Waals surface area contributed by atoms with Crippen molar-refractivity contribution in [3.63, 3.8) is 0 Å². The number of pyridine rings is 2. The van der Waals surface area contributed by atoms with Gasteiger partial charge in [-0.1, -0.05) is 17.7 Å². The minimum Gasteiger partial charge on any atom is -0.377 e. The Bertz CT molecular complexity index is 1810. The number of likely N-dealkylation sites (tertiary alicyclic amines) is 1. The highest BCUT2D eigenvalue weighted by atomic mass is 35.5. The van der Waals surface area contributed by atoms with Crippen LogP contribution in [0.2, 0.25) is 5.15 Å². The van der Waals surface area contributed by atoms with E-state index in [2.05, 4.69) is 31.5 Å². The average molecular weight is 568 g/mol. The van der Waals surface area contributed by atoms with Gasteiger partial charge in [-0.25, -0.2) is 23.4 Å². The fourth-order valence-electron chi connectivity index (χ4n) is 5.56. The van der Waals surface area contributed by atoms with Crippen LogP contribution in [0.15, 0.2) is 41.6 Å². The van der Waals surface area contributed by atoms with E-state index < -0.39 is 6.43 Å². The molecule has 0 saturated carbocycles. The second-order valence-corrected chi connectivity index (χ2v) is 10.8. The number of fused-ring (bicyclic) bond motifs is 3. The summed E-state index contributed by atoms with van der Waals surface area (Å²) >= 11 is 6.21. The van der Waals surface area contributed by atoms with Gasteiger partial charge in [0, 0.05) is 49.4 Å². The highest BCUT2D eigenvalue weighted by Crippen LogP contribution is 2.35. The molecule has 1 unspecified atom stereocenters. The third kappa shape index (κ3) is 4.50. The third-order valence-corrected chi connectivity index (χ3v) is 7.61. The second kappa shape index (κ2) is 9.93. The van der Waals surface area contributed by atoms with Crippen molar-refractivity contribution in [1.82, 2.24) is 39.0 Å². The molecule has 40 heavy (non-hydrogen) atoms. The van der Waals surface area contributed by atoms with Gasteiger partial charge in [0.25, 0.3) is 12.0 Å². The van der Waals surface area contributed by atoms with Crippen LogP contribution in [0.5, 0.6) is 0 Å². The Morgan fingerprint density at radius 2 is 1.95 bits per heavy atom. The smallest absolute Gasteiger partial charge is 0.259 e. The van der Waals surface area contributed by atoms with E-state index in [9.17, 15) is 13.6 Å². The molecule has 6 rings (SSSR count). The summed E-state index contributed by atoms with van der Waals surface area (Å²) in [6.45, 7) is 4.63. The van der Waals surface area contributed by atoms with Gasteiger partial charge in [0.15, 0.2) is 0 Å². The van der Waals surface area contributed by atoms with E-state index >= 15 is 0 Å². The highest BCUT2D eigenvalue weighted by molar-refractivity contribution is 6.29. The summed E-state index contributed by atoms with van der Waals surface area (Å²) in [6, 6.07) is 7.15. The van der Waals surface area contributed by atoms with Crippen LogP contribution in [0.25, 0.3) is 33.3 Å². The zero-order valence-electron chi connectivity index (χ0n) is 22.4. The summed E-state index contributed by atoms with van der Waals surface area (Å²) in [5, 5.41) is 15.1. The van der Waals surface area contributed by atoms with Crippen molar-refractivity contribution in [3.05, 3.63) is 63.4 Å². The predicted molar refractivity (Wildman–Crippen MR) is 150 cm³/mol. The van der Waals surface area contributed by atoms with E-state index in [1.165, 1.54) is 0 Å². The normalized spacial score (nSPS) is 15.3. The van der Waals surface area contributed by atoms with Crippen molar-refractivity contribution >= 4 is 39.1 Å². The number of rotatable bonds is 7. The molecule has 1 aliphatic heterocycles. The number of halogens is 3. The van der Waals surface area contributed by atoms with Crippen LogP contribution in [0.1, 0.15) is 30.1 Å². The van der Waals surface area contributed by atoms with Gasteiger partial charge in [-0.15, -0.1) is 5.10 Å². The summed E-state index contributed by atoms with van der Waals surface area (Å²) in [5.74, 6) is 0.438. The fraction of sp³-hybridized carbons (Fsp3) is 0.370. The summed E-state index contributed by atoms with van der Waals surface area (Å²) in [4.78, 5) is 24.1. The maximum Gasteiger partial charge on any atom is 0.259 e. The number of aryl methyl sites for hydroxylation is 3. The van der Waals surface area contributed by atoms with Crippen molar-refractivity contribution < 1.29 is 8.78 Å². The van der Waals surface area contributed by atoms with Gasteiger partial charge >= 0.3 is 0 Å². The molecule has 10 nitrogen and oxygen atoms in total. The summed E-state index contributed by atoms with van der Waals surface area (Å²) < 4.78 is 30.7. The molecular formula is C27H28ClF2N9O. The maximum atomic E-state index is 13.6. The lowest BCUT2D eigenvalue weighted by Gasteiger charge is -2.39. The molecule has 1 aliphatic rings. The first-order valence-corrected chi connectivity index (χ1v) is 13.3. The molecule has 0 spiro atoms. The molecule has 5 aromatic rings. The molecule has 1 aromatic carbocycles. The molecule has 0 bridgehead atoms. The van der Waals surface area contributed by atoms with Gasteiger partial charge in [-0.2, -0.15) is 5.10 Å². The molecule has 5 heterocycles. The number of anilines is 1. The molecular weight excluding hydrogens is 540 g/mol. The van der Waals surface area contributed by atoms with Crippen LogP contribution in [-0.2, 0) is 14.1 Å². The van der Waals surface area contributed by atoms with E-state index in [-0.39, 0.29) is 24.2 Å². The molecule has 1 N–H and O–H groups in total. The zero-order chi connectivity index (χ0) is 28.3. The van der Waals surface area contributed by atoms with E-state index in [0.29, 0.717) is 46.5 Å². The van der Waals surface area contributed by atoms with Gasteiger partial charge in [0.05, 0.1) is 24.5 Å². The lowest BCUT2D eigenvalue weighted by atomic mass is 9.95. The summed E-state index contributed by atoms with van der Waals surface area (Å²) in [7, 11) is 3.51. The van der Waals surface area contributed by atoms with Gasteiger partial charge in [0.1, 0.15) is 22.8 Å². The monoisotopic (exact) mass is 567 g/mol. The number of nitrogens with zero attached hydrogens (tertiary/aromatic N) is 8. The van der Waals surface area contributed by atoms with Gasteiger partial charge in [0.2, 0.25) is 5.82 Å². The first-order valence-electron chi connectivity index (χ1n) is 12.9. The van der Waals surface area contributed by atoms with Crippen molar-refractivity contribution in [2.45, 2.75) is 32.4 Å². The number of hydrogen-bond acceptors (Lipinski definition) is 7. The number of alkyl halides is 2. The molecule has 1 atom stereocenters. The Morgan fingerprint density at radius 1 is 1.18 bits per heavy atom. The number of nitrogens with one attached hydrogen (secondary N) is 1. The predicted octanol–water partition coefficient (Wildman–Crippen LogP) is 4.34. The lowest BCUT2D eigenvalue weighted by molar-refractivity contribution is 0.0269. The Morgan fingerprint density at radius 3 is 2.65 bits per heavy atom. The first kappa shape index (κ1) is 26.3. The molecule has 4 aromatic heterocycles. The molecule has 0 aliphatic carbocycles. The second-order valence-electron chi connectivity index (χ2n) is 10.4. The number of benzene rings is 1. The standard InChI is InChI=1S/C27H28ClF2N9O/c1-14-7-17(15(2)33-20-5-6-21(28)34-24(20)25-31-13-36(3)35-25)23-18(8-14)27(40)37(4)26-19(23)9-32-39(26)16-10-38(11-16)12-22(29)30/h5-9,13,15-16,22,33H,10-12H2,1-4H3. The molecule has 1 saturated heterocycles. The van der Waals surface area contributed by atoms with Crippen LogP contribution in [0.4, 0.5) is 14.5 Å². The van der Waals surface area contributed by atoms with E-state index in [0.717, 1.165) is 21.9 Å². The number of hydrogen-bond donors (Lipinski definition) is 1. The Hall–Kier alpha value is -3.90. The van der Waals surface area contributed by atoms with Crippen LogP contribution in [-0.4, -0.2) is 65.1 Å². The first-order chi connectivity index (χ1) is 19.1. The Kier molecular flexibility index (Phi) is 6.54. The minimum atomic E-state index is -2.38. The van der Waals surface area contributed by atoms with Gasteiger partial charge in [-0.05, 0) is 43.2 Å². The maximum absolute atomic E-state index is 13.6. The van der Waals surface area contributed by atoms with Crippen molar-refractivity contribution in [2.75, 3.05) is 25.0 Å². The average Bonchev–Trinajstić information content (AvgIpc) is 3.51. The van der Waals surface area contributed by atoms with Crippen molar-refractivity contribution in [2.24, 2.45) is 14.1 Å². The van der Waals surface area contributed by atoms with Crippen molar-refractivity contribution in [1.29, 1.82) is 0 Å². The topological polar surface area (TPSA) is 98.7 Å². The Balaban J connectivity index is 1.45. The molecule has 0 amide bonds. The van der Waals surface area contributed by atoms with Crippen LogP contribution in [0, 0.1) is 6.92 Å². The third-order valence-electron chi connectivity index (χ3n) is 7.40. The summed E-state index contributed by atoms with van der Waals surface area (Å²) in [6.07, 6.45) is 0.983. The lowest BCUT2D eigenvalue weighted by Crippen LogP contribution is -2.49. The SMILES string of the molecule is Cc1cc(C(C)Nc2ccc(Cl)nc2-c2ncn(C)n2)c2c(c1)c(=O)n(C)c1c2cnn1C1CN(CC(F)F)C1. The van der Waals surface area contributed by atoms with Gasteiger partial charge < -0.3 is 5.32 Å². The zero-order valence-corrected chi connectivity index (χ0v) is 23.2. The van der Waals surface area contributed by atoms with E-state index in [4.69, 9.17) is 11.6 Å². The highest BCUT2D eigenvalue weighted by Gasteiger charge is 2.32.